The Bertz CT molecular complexity index is 777. The van der Waals surface area contributed by atoms with Crippen LogP contribution in [0.1, 0.15) is 37.0 Å². The number of aryl methyl sites for hydroxylation is 1. The summed E-state index contributed by atoms with van der Waals surface area (Å²) >= 11 is 0. The van der Waals surface area contributed by atoms with Crippen LogP contribution in [0.4, 0.5) is 4.79 Å². The van der Waals surface area contributed by atoms with Gasteiger partial charge in [-0.3, -0.25) is 4.99 Å². The maximum atomic E-state index is 11.3. The summed E-state index contributed by atoms with van der Waals surface area (Å²) in [5, 5.41) is 6.90. The Hall–Kier alpha value is -2.89. The van der Waals surface area contributed by atoms with Gasteiger partial charge in [-0.05, 0) is 49.6 Å². The van der Waals surface area contributed by atoms with Crippen molar-refractivity contribution < 1.29 is 14.4 Å². The quantitative estimate of drug-likeness (QED) is 0.621. The molecule has 1 aromatic carbocycles. The van der Waals surface area contributed by atoms with Crippen LogP contribution in [0, 0.1) is 6.92 Å². The second kappa shape index (κ2) is 9.56. The first-order valence-electron chi connectivity index (χ1n) is 8.47. The van der Waals surface area contributed by atoms with Crippen LogP contribution >= 0.6 is 0 Å². The minimum absolute atomic E-state index is 0.357. The van der Waals surface area contributed by atoms with Crippen molar-refractivity contribution in [2.75, 3.05) is 13.7 Å². The number of nitrogens with zero attached hydrogens (tertiary/aromatic N) is 2. The highest BCUT2D eigenvalue weighted by Gasteiger charge is 2.07. The summed E-state index contributed by atoms with van der Waals surface area (Å²) in [7, 11) is 1.35. The predicted octanol–water partition coefficient (Wildman–Crippen LogP) is 3.90. The highest BCUT2D eigenvalue weighted by atomic mass is 16.6. The number of benzene rings is 1. The van der Waals surface area contributed by atoms with Gasteiger partial charge in [0.15, 0.2) is 6.61 Å². The van der Waals surface area contributed by atoms with Gasteiger partial charge in [0.05, 0.1) is 18.5 Å². The van der Waals surface area contributed by atoms with Crippen LogP contribution in [-0.2, 0) is 16.1 Å². The first-order valence-corrected chi connectivity index (χ1v) is 8.47. The minimum atomic E-state index is -0.453. The second-order valence-electron chi connectivity index (χ2n) is 6.05. The van der Waals surface area contributed by atoms with Gasteiger partial charge in [-0.2, -0.15) is 0 Å². The summed E-state index contributed by atoms with van der Waals surface area (Å²) in [4.78, 5) is 21.2. The molecule has 0 radical (unpaired) electrons. The predicted molar refractivity (Wildman–Crippen MR) is 104 cm³/mol. The van der Waals surface area contributed by atoms with Gasteiger partial charge in [0, 0.05) is 18.7 Å². The van der Waals surface area contributed by atoms with Crippen LogP contribution in [-0.4, -0.2) is 31.2 Å². The number of nitrogens with one attached hydrogen (secondary N) is 1. The molecule has 1 aromatic rings. The third kappa shape index (κ3) is 5.88. The molecule has 1 aliphatic heterocycles. The molecule has 1 N–H and O–H groups in total. The molecule has 1 aliphatic rings. The normalized spacial score (nSPS) is 14.2. The van der Waals surface area contributed by atoms with Crippen molar-refractivity contribution in [2.45, 2.75) is 33.7 Å². The molecule has 0 unspecified atom stereocenters. The van der Waals surface area contributed by atoms with Crippen molar-refractivity contribution >= 4 is 17.5 Å². The molecule has 0 atom stereocenters. The van der Waals surface area contributed by atoms with E-state index in [1.807, 2.05) is 51.1 Å². The van der Waals surface area contributed by atoms with E-state index in [9.17, 15) is 4.79 Å². The average Bonchev–Trinajstić information content (AvgIpc) is 2.84. The molecule has 0 bridgehead atoms. The fraction of sp³-hybridized carbons (Fsp3) is 0.350. The molecule has 1 amide bonds. The Morgan fingerprint density at radius 2 is 2.15 bits per heavy atom. The number of alkyl carbamates (subject to hydrolysis) is 1. The van der Waals surface area contributed by atoms with Crippen molar-refractivity contribution in [2.24, 2.45) is 10.1 Å². The lowest BCUT2D eigenvalue weighted by atomic mass is 10.0. The van der Waals surface area contributed by atoms with Gasteiger partial charge >= 0.3 is 6.09 Å². The Balaban J connectivity index is 2.00. The van der Waals surface area contributed by atoms with Crippen LogP contribution in [0.15, 0.2) is 52.3 Å². The zero-order valence-corrected chi connectivity index (χ0v) is 15.7. The summed E-state index contributed by atoms with van der Waals surface area (Å²) in [6.45, 7) is 6.60. The standard InChI is InChI=1S/C20H25N3O3/c1-14-9-10-17(11-18(14)12-21-20(24)25-4)16(3)23-26-13-19-8-6-5-7-15(2)22-19/h5-7,9-11H,8,12-13H2,1-4H3,(H,21,24). The number of hydrogen-bond acceptors (Lipinski definition) is 5. The zero-order chi connectivity index (χ0) is 18.9. The van der Waals surface area contributed by atoms with Crippen molar-refractivity contribution in [3.63, 3.8) is 0 Å². The number of hydrogen-bond donors (Lipinski definition) is 1. The number of carbonyl (C=O) groups excluding carboxylic acids is 1. The maximum Gasteiger partial charge on any atom is 0.407 e. The Labute approximate surface area is 154 Å². The number of methoxy groups -OCH3 is 1. The summed E-state index contributed by atoms with van der Waals surface area (Å²) in [5.74, 6) is 0. The van der Waals surface area contributed by atoms with Crippen LogP contribution in [0.25, 0.3) is 0 Å². The first kappa shape index (κ1) is 19.4. The lowest BCUT2D eigenvalue weighted by Gasteiger charge is -2.10. The van der Waals surface area contributed by atoms with Crippen molar-refractivity contribution in [1.29, 1.82) is 0 Å². The topological polar surface area (TPSA) is 72.3 Å². The molecule has 2 rings (SSSR count). The van der Waals surface area contributed by atoms with E-state index in [2.05, 4.69) is 26.3 Å². The highest BCUT2D eigenvalue weighted by Crippen LogP contribution is 2.13. The number of carbonyl (C=O) groups is 1. The van der Waals surface area contributed by atoms with Crippen LogP contribution in [0.2, 0.25) is 0 Å². The van der Waals surface area contributed by atoms with Crippen LogP contribution < -0.4 is 5.32 Å². The molecule has 0 fully saturated rings. The van der Waals surface area contributed by atoms with Gasteiger partial charge in [-0.25, -0.2) is 4.79 Å². The highest BCUT2D eigenvalue weighted by molar-refractivity contribution is 5.98. The molecule has 0 saturated carbocycles. The lowest BCUT2D eigenvalue weighted by Crippen LogP contribution is -2.22. The van der Waals surface area contributed by atoms with E-state index < -0.39 is 6.09 Å². The molecule has 138 valence electrons. The van der Waals surface area contributed by atoms with Gasteiger partial charge in [0.1, 0.15) is 0 Å². The van der Waals surface area contributed by atoms with E-state index in [-0.39, 0.29) is 0 Å². The molecule has 0 aliphatic carbocycles. The first-order chi connectivity index (χ1) is 12.5. The van der Waals surface area contributed by atoms with Gasteiger partial charge in [0.2, 0.25) is 0 Å². The number of rotatable bonds is 6. The number of amides is 1. The van der Waals surface area contributed by atoms with Gasteiger partial charge in [-0.1, -0.05) is 29.4 Å². The summed E-state index contributed by atoms with van der Waals surface area (Å²) < 4.78 is 4.60. The maximum absolute atomic E-state index is 11.3. The molecule has 1 heterocycles. The summed E-state index contributed by atoms with van der Waals surface area (Å²) in [6.07, 6.45) is 6.33. The van der Waals surface area contributed by atoms with Crippen molar-refractivity contribution in [3.05, 3.63) is 58.8 Å². The number of ether oxygens (including phenoxy) is 1. The largest absolute Gasteiger partial charge is 0.453 e. The molecule has 0 spiro atoms. The molecule has 26 heavy (non-hydrogen) atoms. The third-order valence-electron chi connectivity index (χ3n) is 3.97. The SMILES string of the molecule is COC(=O)NCc1cc(C(C)=NOCC2=NC(C)=CC=CC2)ccc1C. The van der Waals surface area contributed by atoms with Crippen molar-refractivity contribution in [1.82, 2.24) is 5.32 Å². The van der Waals surface area contributed by atoms with E-state index in [1.54, 1.807) is 0 Å². The molecular weight excluding hydrogens is 330 g/mol. The third-order valence-corrected chi connectivity index (χ3v) is 3.97. The molecule has 0 saturated heterocycles. The number of aliphatic imine (C=N–C) groups is 1. The summed E-state index contributed by atoms with van der Waals surface area (Å²) in [6, 6.07) is 5.97. The second-order valence-corrected chi connectivity index (χ2v) is 6.05. The van der Waals surface area contributed by atoms with Crippen LogP contribution in [0.3, 0.4) is 0 Å². The smallest absolute Gasteiger partial charge is 0.407 e. The summed E-state index contributed by atoms with van der Waals surface area (Å²) in [5.41, 5.74) is 5.69. The van der Waals surface area contributed by atoms with Crippen LogP contribution in [0.5, 0.6) is 0 Å². The zero-order valence-electron chi connectivity index (χ0n) is 15.7. The Morgan fingerprint density at radius 1 is 1.35 bits per heavy atom. The molecule has 6 nitrogen and oxygen atoms in total. The van der Waals surface area contributed by atoms with Gasteiger partial charge in [0.25, 0.3) is 0 Å². The molecular formula is C20H25N3O3. The van der Waals surface area contributed by atoms with E-state index >= 15 is 0 Å². The van der Waals surface area contributed by atoms with E-state index in [1.165, 1.54) is 7.11 Å². The lowest BCUT2D eigenvalue weighted by molar-refractivity contribution is 0.170. The fourth-order valence-corrected chi connectivity index (χ4v) is 2.42. The Morgan fingerprint density at radius 3 is 2.92 bits per heavy atom. The molecule has 6 heteroatoms. The van der Waals surface area contributed by atoms with Gasteiger partial charge < -0.3 is 14.9 Å². The molecule has 0 aromatic heterocycles. The van der Waals surface area contributed by atoms with Crippen molar-refractivity contribution in [3.8, 4) is 0 Å². The fourth-order valence-electron chi connectivity index (χ4n) is 2.42. The van der Waals surface area contributed by atoms with Gasteiger partial charge in [-0.15, -0.1) is 0 Å². The Kier molecular flexibility index (Phi) is 7.14. The monoisotopic (exact) mass is 355 g/mol. The van der Waals surface area contributed by atoms with E-state index in [0.717, 1.165) is 40.2 Å². The average molecular weight is 355 g/mol. The minimum Gasteiger partial charge on any atom is -0.453 e. The number of allylic oxidation sites excluding steroid dienone is 4. The van der Waals surface area contributed by atoms with E-state index in [0.29, 0.717) is 13.2 Å². The number of oxime groups is 1. The van der Waals surface area contributed by atoms with E-state index in [4.69, 9.17) is 4.84 Å².